The molecule has 2 aliphatic rings. The maximum Gasteiger partial charge on any atom is 0.254 e. The van der Waals surface area contributed by atoms with Gasteiger partial charge in [-0.1, -0.05) is 78.8 Å². The van der Waals surface area contributed by atoms with Crippen molar-refractivity contribution in [1.29, 1.82) is 0 Å². The quantitative estimate of drug-likeness (QED) is 0.0854. The molecule has 58 heavy (non-hydrogen) atoms. The lowest BCUT2D eigenvalue weighted by atomic mass is 9.78. The molecule has 0 spiro atoms. The second-order valence-corrected chi connectivity index (χ2v) is 34.4. The summed E-state index contributed by atoms with van der Waals surface area (Å²) in [6.45, 7) is 29.8. The first-order chi connectivity index (χ1) is 26.8. The normalized spacial score (nSPS) is 23.2. The van der Waals surface area contributed by atoms with E-state index in [9.17, 15) is 14.7 Å². The highest BCUT2D eigenvalue weighted by atomic mass is 28.4. The van der Waals surface area contributed by atoms with E-state index in [4.69, 9.17) is 28.9 Å². The molecule has 6 rings (SSSR count). The Morgan fingerprint density at radius 3 is 2.12 bits per heavy atom. The van der Waals surface area contributed by atoms with Crippen LogP contribution in [0.15, 0.2) is 49.1 Å². The molecule has 2 fully saturated rings. The number of nitrogens with one attached hydrogen (secondary N) is 1. The summed E-state index contributed by atoms with van der Waals surface area (Å²) in [5.74, 6) is 0.812. The van der Waals surface area contributed by atoms with Crippen molar-refractivity contribution in [3.05, 3.63) is 60.2 Å². The van der Waals surface area contributed by atoms with Crippen LogP contribution in [0, 0.1) is 11.8 Å². The van der Waals surface area contributed by atoms with Crippen LogP contribution in [0.4, 0.5) is 5.82 Å². The van der Waals surface area contributed by atoms with Crippen LogP contribution >= 0.6 is 0 Å². The predicted molar refractivity (Wildman–Crippen MR) is 237 cm³/mol. The second-order valence-electron chi connectivity index (χ2n) is 20.7. The number of benzene rings is 1. The predicted octanol–water partition coefficient (Wildman–Crippen LogP) is 8.18. The van der Waals surface area contributed by atoms with Crippen LogP contribution in [0.3, 0.4) is 0 Å². The van der Waals surface area contributed by atoms with Gasteiger partial charge in [0, 0.05) is 24.3 Å². The lowest BCUT2D eigenvalue weighted by molar-refractivity contribution is -0.0353. The van der Waals surface area contributed by atoms with Gasteiger partial charge in [-0.15, -0.1) is 0 Å². The van der Waals surface area contributed by atoms with E-state index in [1.807, 2.05) is 67.4 Å². The highest BCUT2D eigenvalue weighted by molar-refractivity contribution is 6.74. The highest BCUT2D eigenvalue weighted by Gasteiger charge is 2.54. The van der Waals surface area contributed by atoms with E-state index < -0.39 is 37.3 Å². The molecule has 1 aromatic carbocycles. The van der Waals surface area contributed by atoms with Crippen molar-refractivity contribution in [3.8, 4) is 5.95 Å². The number of aliphatic hydroxyl groups is 1. The van der Waals surface area contributed by atoms with Gasteiger partial charge in [-0.2, -0.15) is 15.1 Å². The summed E-state index contributed by atoms with van der Waals surface area (Å²) in [5.41, 5.74) is 2.57. The van der Waals surface area contributed by atoms with Crippen LogP contribution in [-0.4, -0.2) is 101 Å². The van der Waals surface area contributed by atoms with Crippen molar-refractivity contribution in [2.24, 2.45) is 11.8 Å². The number of hydrogen-bond acceptors (Lipinski definition) is 11. The third kappa shape index (κ3) is 9.24. The van der Waals surface area contributed by atoms with E-state index in [-0.39, 0.29) is 39.1 Å². The summed E-state index contributed by atoms with van der Waals surface area (Å²) in [5, 5.41) is 18.8. The smallest absolute Gasteiger partial charge is 0.254 e. The Hall–Kier alpha value is -2.81. The Morgan fingerprint density at radius 2 is 1.53 bits per heavy atom. The van der Waals surface area contributed by atoms with Gasteiger partial charge >= 0.3 is 0 Å². The van der Waals surface area contributed by atoms with Gasteiger partial charge in [0.1, 0.15) is 12.3 Å². The van der Waals surface area contributed by atoms with Gasteiger partial charge in [-0.3, -0.25) is 4.57 Å². The third-order valence-corrected chi connectivity index (χ3v) is 25.7. The molecular weight excluding hydrogens is 783 g/mol. The number of hydrogen-bond donors (Lipinski definition) is 4. The molecule has 320 valence electrons. The number of rotatable bonds is 15. The minimum Gasteiger partial charge on any atom is -0.432 e. The van der Waals surface area contributed by atoms with E-state index in [0.717, 1.165) is 18.4 Å². The Bertz CT molecular complexity index is 2010. The van der Waals surface area contributed by atoms with Crippen molar-refractivity contribution in [3.63, 3.8) is 0 Å². The zero-order valence-electron chi connectivity index (χ0n) is 37.1. The summed E-state index contributed by atoms with van der Waals surface area (Å²) in [6.07, 6.45) is 5.83. The summed E-state index contributed by atoms with van der Waals surface area (Å²) in [7, 11) is -7.49. The second kappa shape index (κ2) is 16.2. The first-order valence-electron chi connectivity index (χ1n) is 20.9. The third-order valence-electron chi connectivity index (χ3n) is 14.1. The Labute approximate surface area is 348 Å². The van der Waals surface area contributed by atoms with Gasteiger partial charge in [-0.05, 0) is 85.1 Å². The molecule has 4 N–H and O–H groups in total. The van der Waals surface area contributed by atoms with Gasteiger partial charge in [0.05, 0.1) is 37.9 Å². The van der Waals surface area contributed by atoms with Gasteiger partial charge in [-0.25, -0.2) is 9.67 Å². The Kier molecular flexibility index (Phi) is 12.5. The fourth-order valence-electron chi connectivity index (χ4n) is 7.57. The van der Waals surface area contributed by atoms with Crippen LogP contribution in [-0.2, 0) is 13.9 Å². The Morgan fingerprint density at radius 1 is 0.897 bits per heavy atom. The average molecular weight is 852 g/mol. The molecule has 16 heteroatoms. The zero-order valence-corrected chi connectivity index (χ0v) is 40.1. The summed E-state index contributed by atoms with van der Waals surface area (Å²) in [4.78, 5) is 38.5. The molecule has 4 aromatic rings. The molecule has 6 atom stereocenters. The van der Waals surface area contributed by atoms with Crippen LogP contribution in [0.25, 0.3) is 17.1 Å². The number of imidazole rings is 1. The monoisotopic (exact) mass is 851 g/mol. The van der Waals surface area contributed by atoms with Crippen LogP contribution in [0.1, 0.15) is 91.2 Å². The fraction of sp³-hybridized carbons (Fsp3) is 0.667. The summed E-state index contributed by atoms with van der Waals surface area (Å²) >= 11 is 0. The van der Waals surface area contributed by atoms with E-state index >= 15 is 0 Å². The molecule has 3 aromatic heterocycles. The molecule has 13 nitrogen and oxygen atoms in total. The van der Waals surface area contributed by atoms with Gasteiger partial charge in [0.2, 0.25) is 0 Å². The molecule has 2 aliphatic heterocycles. The number of fused-ring (bicyclic) bond motifs is 1. The van der Waals surface area contributed by atoms with Crippen LogP contribution in [0.2, 0.25) is 54.4 Å². The minimum absolute atomic E-state index is 0.000503. The van der Waals surface area contributed by atoms with E-state index in [1.165, 1.54) is 0 Å². The van der Waals surface area contributed by atoms with Crippen molar-refractivity contribution in [2.45, 2.75) is 147 Å². The number of aromatic nitrogens is 6. The molecular formula is C42H69N7O6Si3. The minimum atomic E-state index is -2.68. The Balaban J connectivity index is 1.49. The number of anilines is 1. The maximum absolute atomic E-state index is 11.7. The SMILES string of the molecule is CC(C)(C[C@@H]1[C@H](CC(C)(C)[Si](C)(C)O)[C@@H](CO[Si](C)(C)C(C)(C)C)O[C@H]1n1cnc2c(NC3CCOC3)nc(-n3cc(C(O)c4ccccc4)cn3)nc21)[Si](C)(C)O. The molecule has 0 radical (unpaired) electrons. The molecule has 0 aliphatic carbocycles. The number of aliphatic hydroxyl groups excluding tert-OH is 1. The van der Waals surface area contributed by atoms with E-state index in [0.29, 0.717) is 54.7 Å². The molecule has 5 heterocycles. The molecule has 0 amide bonds. The topological polar surface area (TPSA) is 162 Å². The van der Waals surface area contributed by atoms with E-state index in [2.05, 4.69) is 72.0 Å². The maximum atomic E-state index is 11.7. The molecule has 0 saturated carbocycles. The van der Waals surface area contributed by atoms with E-state index in [1.54, 1.807) is 17.1 Å². The lowest BCUT2D eigenvalue weighted by Crippen LogP contribution is -2.46. The standard InChI is InChI=1S/C42H69N7O6Si3/c1-40(2,3)58(12,13)54-26-33-31(21-41(4,5)56(8,9)51)32(22-42(6,7)57(10,11)52)38(55-33)48-27-43-34-36(45-30-19-20-53-25-30)46-39(47-37(34)48)49-24-29(23-44-49)35(50)28-17-15-14-16-18-28/h14-18,23-24,27,30-33,35,38,50-52H,19-22,25-26H2,1-13H3,(H,45,46,47)/t30?,31-,32+,33+,35?,38+/m0/s1. The molecule has 2 unspecified atom stereocenters. The van der Waals surface area contributed by atoms with Gasteiger partial charge < -0.3 is 33.9 Å². The van der Waals surface area contributed by atoms with Gasteiger partial charge in [0.25, 0.3) is 5.95 Å². The first kappa shape index (κ1) is 44.7. The van der Waals surface area contributed by atoms with Crippen LogP contribution in [0.5, 0.6) is 0 Å². The first-order valence-corrected chi connectivity index (χ1v) is 29.7. The van der Waals surface area contributed by atoms with Crippen molar-refractivity contribution >= 4 is 41.9 Å². The fourth-order valence-corrected chi connectivity index (χ4v) is 10.1. The largest absolute Gasteiger partial charge is 0.432 e. The van der Waals surface area contributed by atoms with Crippen molar-refractivity contribution < 1.29 is 28.6 Å². The number of ether oxygens (including phenoxy) is 2. The highest BCUT2D eigenvalue weighted by Crippen LogP contribution is 2.56. The van der Waals surface area contributed by atoms with Gasteiger partial charge in [0.15, 0.2) is 41.9 Å². The number of nitrogens with zero attached hydrogens (tertiary/aromatic N) is 6. The van der Waals surface area contributed by atoms with Crippen molar-refractivity contribution in [1.82, 2.24) is 29.3 Å². The average Bonchev–Trinajstić information content (AvgIpc) is 3.94. The molecule has 0 bridgehead atoms. The zero-order chi connectivity index (χ0) is 42.6. The lowest BCUT2D eigenvalue weighted by Gasteiger charge is -2.43. The van der Waals surface area contributed by atoms with Crippen LogP contribution < -0.4 is 5.32 Å². The van der Waals surface area contributed by atoms with Crippen molar-refractivity contribution in [2.75, 3.05) is 25.1 Å². The summed E-state index contributed by atoms with van der Waals surface area (Å²) in [6, 6.07) is 9.54. The summed E-state index contributed by atoms with van der Waals surface area (Å²) < 4.78 is 23.6. The molecule has 2 saturated heterocycles.